The average molecular weight is 198 g/mol. The summed E-state index contributed by atoms with van der Waals surface area (Å²) in [6, 6.07) is 0. The van der Waals surface area contributed by atoms with Gasteiger partial charge in [-0.1, -0.05) is 52.5 Å². The zero-order valence-electron chi connectivity index (χ0n) is 10.1. The van der Waals surface area contributed by atoms with Crippen molar-refractivity contribution in [1.82, 2.24) is 0 Å². The molecule has 0 fully saturated rings. The highest BCUT2D eigenvalue weighted by Gasteiger charge is 2.23. The van der Waals surface area contributed by atoms with E-state index in [9.17, 15) is 5.11 Å². The zero-order chi connectivity index (χ0) is 11.0. The van der Waals surface area contributed by atoms with Gasteiger partial charge in [0.2, 0.25) is 0 Å². The Hall–Kier alpha value is -0.300. The van der Waals surface area contributed by atoms with Crippen LogP contribution in [-0.4, -0.2) is 11.7 Å². The van der Waals surface area contributed by atoms with E-state index in [0.29, 0.717) is 0 Å². The SMILES string of the molecule is C=CC(C)(CO)CC(CC)CCCC. The van der Waals surface area contributed by atoms with Gasteiger partial charge in [-0.15, -0.1) is 6.58 Å². The first kappa shape index (κ1) is 13.7. The highest BCUT2D eigenvalue weighted by molar-refractivity contribution is 4.92. The molecule has 2 atom stereocenters. The molecule has 1 N–H and O–H groups in total. The van der Waals surface area contributed by atoms with E-state index in [4.69, 9.17) is 0 Å². The van der Waals surface area contributed by atoms with Gasteiger partial charge < -0.3 is 5.11 Å². The van der Waals surface area contributed by atoms with Crippen LogP contribution in [-0.2, 0) is 0 Å². The Balaban J connectivity index is 4.07. The molecule has 0 spiro atoms. The maximum Gasteiger partial charge on any atom is 0.0519 e. The molecule has 0 aromatic carbocycles. The highest BCUT2D eigenvalue weighted by Crippen LogP contribution is 2.30. The Kier molecular flexibility index (Phi) is 6.90. The molecule has 2 unspecified atom stereocenters. The van der Waals surface area contributed by atoms with Crippen LogP contribution in [0.5, 0.6) is 0 Å². The number of aliphatic hydroxyl groups is 1. The number of aliphatic hydroxyl groups excluding tert-OH is 1. The lowest BCUT2D eigenvalue weighted by molar-refractivity contribution is 0.150. The van der Waals surface area contributed by atoms with Gasteiger partial charge in [0, 0.05) is 5.41 Å². The molecule has 84 valence electrons. The van der Waals surface area contributed by atoms with E-state index < -0.39 is 0 Å². The van der Waals surface area contributed by atoms with Crippen LogP contribution in [0.25, 0.3) is 0 Å². The van der Waals surface area contributed by atoms with Gasteiger partial charge in [-0.25, -0.2) is 0 Å². The molecule has 0 aromatic rings. The van der Waals surface area contributed by atoms with Gasteiger partial charge in [-0.2, -0.15) is 0 Å². The molecule has 14 heavy (non-hydrogen) atoms. The third-order valence-corrected chi connectivity index (χ3v) is 3.15. The number of hydrogen-bond acceptors (Lipinski definition) is 1. The molecule has 0 aromatic heterocycles. The Labute approximate surface area is 89.2 Å². The second-order valence-corrected chi connectivity index (χ2v) is 4.64. The summed E-state index contributed by atoms with van der Waals surface area (Å²) >= 11 is 0. The van der Waals surface area contributed by atoms with Gasteiger partial charge in [-0.05, 0) is 12.3 Å². The minimum absolute atomic E-state index is 0.0750. The average Bonchev–Trinajstić information content (AvgIpc) is 2.23. The minimum atomic E-state index is -0.0750. The van der Waals surface area contributed by atoms with Gasteiger partial charge in [0.25, 0.3) is 0 Å². The zero-order valence-corrected chi connectivity index (χ0v) is 10.1. The molecule has 0 radical (unpaired) electrons. The van der Waals surface area contributed by atoms with E-state index in [2.05, 4.69) is 27.4 Å². The molecular formula is C13H26O. The van der Waals surface area contributed by atoms with Crippen molar-refractivity contribution in [2.75, 3.05) is 6.61 Å². The van der Waals surface area contributed by atoms with Gasteiger partial charge in [0.05, 0.1) is 6.61 Å². The lowest BCUT2D eigenvalue weighted by Gasteiger charge is -2.28. The Morgan fingerprint density at radius 1 is 1.43 bits per heavy atom. The smallest absolute Gasteiger partial charge is 0.0519 e. The molecule has 1 heteroatoms. The van der Waals surface area contributed by atoms with E-state index >= 15 is 0 Å². The van der Waals surface area contributed by atoms with Crippen molar-refractivity contribution >= 4 is 0 Å². The van der Waals surface area contributed by atoms with Crippen molar-refractivity contribution in [3.63, 3.8) is 0 Å². The largest absolute Gasteiger partial charge is 0.395 e. The van der Waals surface area contributed by atoms with Crippen molar-refractivity contribution in [3.8, 4) is 0 Å². The van der Waals surface area contributed by atoms with Crippen LogP contribution >= 0.6 is 0 Å². The maximum absolute atomic E-state index is 9.28. The first-order valence-electron chi connectivity index (χ1n) is 5.86. The summed E-state index contributed by atoms with van der Waals surface area (Å²) in [5.41, 5.74) is -0.0750. The summed E-state index contributed by atoms with van der Waals surface area (Å²) in [6.07, 6.45) is 8.04. The molecule has 0 saturated carbocycles. The van der Waals surface area contributed by atoms with Crippen LogP contribution in [0.15, 0.2) is 12.7 Å². The maximum atomic E-state index is 9.28. The predicted octanol–water partition coefficient (Wildman–Crippen LogP) is 3.78. The molecule has 0 aliphatic carbocycles. The highest BCUT2D eigenvalue weighted by atomic mass is 16.3. The van der Waals surface area contributed by atoms with Crippen LogP contribution in [0.2, 0.25) is 0 Å². The van der Waals surface area contributed by atoms with Crippen molar-refractivity contribution in [2.24, 2.45) is 11.3 Å². The van der Waals surface area contributed by atoms with E-state index in [0.717, 1.165) is 12.3 Å². The summed E-state index contributed by atoms with van der Waals surface area (Å²) in [7, 11) is 0. The number of unbranched alkanes of at least 4 members (excludes halogenated alkanes) is 1. The lowest BCUT2D eigenvalue weighted by atomic mass is 9.79. The molecule has 0 saturated heterocycles. The normalized spacial score (nSPS) is 17.4. The molecule has 0 aliphatic heterocycles. The van der Waals surface area contributed by atoms with Crippen molar-refractivity contribution in [1.29, 1.82) is 0 Å². The third-order valence-electron chi connectivity index (χ3n) is 3.15. The Bertz CT molecular complexity index is 153. The molecule has 0 rings (SSSR count). The fourth-order valence-electron chi connectivity index (χ4n) is 1.82. The van der Waals surface area contributed by atoms with E-state index in [1.807, 2.05) is 6.08 Å². The van der Waals surface area contributed by atoms with E-state index in [1.54, 1.807) is 0 Å². The van der Waals surface area contributed by atoms with Gasteiger partial charge in [0.1, 0.15) is 0 Å². The monoisotopic (exact) mass is 198 g/mol. The summed E-state index contributed by atoms with van der Waals surface area (Å²) in [5, 5.41) is 9.28. The van der Waals surface area contributed by atoms with E-state index in [-0.39, 0.29) is 12.0 Å². The molecular weight excluding hydrogens is 172 g/mol. The van der Waals surface area contributed by atoms with E-state index in [1.165, 1.54) is 25.7 Å². The van der Waals surface area contributed by atoms with Crippen molar-refractivity contribution in [3.05, 3.63) is 12.7 Å². The second-order valence-electron chi connectivity index (χ2n) is 4.64. The fraction of sp³-hybridized carbons (Fsp3) is 0.846. The van der Waals surface area contributed by atoms with Gasteiger partial charge in [-0.3, -0.25) is 0 Å². The summed E-state index contributed by atoms with van der Waals surface area (Å²) in [4.78, 5) is 0. The first-order chi connectivity index (χ1) is 6.61. The Morgan fingerprint density at radius 2 is 2.07 bits per heavy atom. The van der Waals surface area contributed by atoms with Crippen LogP contribution in [0.1, 0.15) is 52.9 Å². The predicted molar refractivity (Wildman–Crippen MR) is 63.3 cm³/mol. The quantitative estimate of drug-likeness (QED) is 0.588. The van der Waals surface area contributed by atoms with Crippen molar-refractivity contribution in [2.45, 2.75) is 52.9 Å². The van der Waals surface area contributed by atoms with Gasteiger partial charge in [0.15, 0.2) is 0 Å². The van der Waals surface area contributed by atoms with Gasteiger partial charge >= 0.3 is 0 Å². The fourth-order valence-corrected chi connectivity index (χ4v) is 1.82. The molecule has 0 amide bonds. The minimum Gasteiger partial charge on any atom is -0.395 e. The van der Waals surface area contributed by atoms with Crippen LogP contribution < -0.4 is 0 Å². The second kappa shape index (κ2) is 7.05. The van der Waals surface area contributed by atoms with Crippen LogP contribution in [0.3, 0.4) is 0 Å². The van der Waals surface area contributed by atoms with Crippen molar-refractivity contribution < 1.29 is 5.11 Å². The summed E-state index contributed by atoms with van der Waals surface area (Å²) in [6.45, 7) is 10.6. The first-order valence-corrected chi connectivity index (χ1v) is 5.86. The number of rotatable bonds is 8. The molecule has 0 aliphatic rings. The molecule has 0 bridgehead atoms. The summed E-state index contributed by atoms with van der Waals surface area (Å²) in [5.74, 6) is 0.741. The number of hydrogen-bond donors (Lipinski definition) is 1. The third kappa shape index (κ3) is 4.80. The lowest BCUT2D eigenvalue weighted by Crippen LogP contribution is -2.22. The van der Waals surface area contributed by atoms with Crippen LogP contribution in [0.4, 0.5) is 0 Å². The summed E-state index contributed by atoms with van der Waals surface area (Å²) < 4.78 is 0. The molecule has 0 heterocycles. The standard InChI is InChI=1S/C13H26O/c1-5-8-9-12(6-2)10-13(4,7-3)11-14/h7,12,14H,3,5-6,8-11H2,1-2,4H3. The topological polar surface area (TPSA) is 20.2 Å². The van der Waals surface area contributed by atoms with Crippen LogP contribution in [0, 0.1) is 11.3 Å². The Morgan fingerprint density at radius 3 is 2.43 bits per heavy atom. The molecule has 1 nitrogen and oxygen atoms in total.